The van der Waals surface area contributed by atoms with Crippen LogP contribution in [0.15, 0.2) is 48.5 Å². The summed E-state index contributed by atoms with van der Waals surface area (Å²) >= 11 is 0. The fourth-order valence-corrected chi connectivity index (χ4v) is 1.78. The van der Waals surface area contributed by atoms with E-state index in [-0.39, 0.29) is 0 Å². The maximum atomic E-state index is 11.4. The Bertz CT molecular complexity index is 567. The summed E-state index contributed by atoms with van der Waals surface area (Å²) in [4.78, 5) is 11.4. The number of rotatable bonds is 3. The zero-order chi connectivity index (χ0) is 13.7. The number of benzene rings is 2. The van der Waals surface area contributed by atoms with Crippen molar-refractivity contribution in [3.8, 4) is 16.9 Å². The van der Waals surface area contributed by atoms with Gasteiger partial charge in [0.1, 0.15) is 5.75 Å². The Labute approximate surface area is 112 Å². The summed E-state index contributed by atoms with van der Waals surface area (Å²) in [6, 6.07) is 15.3. The number of hydrogen-bond donors (Lipinski definition) is 1. The second-order valence-corrected chi connectivity index (χ2v) is 3.89. The van der Waals surface area contributed by atoms with Crippen molar-refractivity contribution in [2.45, 2.75) is 0 Å². The van der Waals surface area contributed by atoms with Gasteiger partial charge in [0.05, 0.1) is 19.9 Å². The van der Waals surface area contributed by atoms with E-state index in [1.807, 2.05) is 42.5 Å². The van der Waals surface area contributed by atoms with Crippen LogP contribution in [0.2, 0.25) is 0 Å². The van der Waals surface area contributed by atoms with E-state index >= 15 is 0 Å². The number of anilines is 1. The molecule has 2 rings (SSSR count). The largest absolute Gasteiger partial charge is 0.497 e. The molecule has 0 atom stereocenters. The highest BCUT2D eigenvalue weighted by Crippen LogP contribution is 2.31. The SMILES string of the molecule is COC(=O)Nc1cc(OC)ccc1-c1ccccc1. The molecule has 0 aliphatic carbocycles. The van der Waals surface area contributed by atoms with E-state index < -0.39 is 6.09 Å². The van der Waals surface area contributed by atoms with Crippen LogP contribution in [-0.4, -0.2) is 20.3 Å². The van der Waals surface area contributed by atoms with Gasteiger partial charge in [-0.05, 0) is 17.7 Å². The van der Waals surface area contributed by atoms with Gasteiger partial charge in [-0.25, -0.2) is 4.79 Å². The van der Waals surface area contributed by atoms with Gasteiger partial charge in [0, 0.05) is 11.6 Å². The lowest BCUT2D eigenvalue weighted by molar-refractivity contribution is 0.187. The first-order chi connectivity index (χ1) is 9.24. The normalized spacial score (nSPS) is 9.79. The minimum atomic E-state index is -0.509. The molecule has 1 N–H and O–H groups in total. The van der Waals surface area contributed by atoms with E-state index in [4.69, 9.17) is 4.74 Å². The van der Waals surface area contributed by atoms with Gasteiger partial charge in [0.25, 0.3) is 0 Å². The third-order valence-electron chi connectivity index (χ3n) is 2.73. The van der Waals surface area contributed by atoms with Crippen molar-refractivity contribution in [3.63, 3.8) is 0 Å². The van der Waals surface area contributed by atoms with Gasteiger partial charge in [-0.2, -0.15) is 0 Å². The second kappa shape index (κ2) is 5.91. The molecule has 98 valence electrons. The Kier molecular flexibility index (Phi) is 4.03. The number of amides is 1. The maximum Gasteiger partial charge on any atom is 0.411 e. The molecule has 0 aliphatic rings. The van der Waals surface area contributed by atoms with E-state index in [1.54, 1.807) is 13.2 Å². The highest BCUT2D eigenvalue weighted by molar-refractivity contribution is 5.91. The van der Waals surface area contributed by atoms with Gasteiger partial charge >= 0.3 is 6.09 Å². The van der Waals surface area contributed by atoms with Gasteiger partial charge in [0.2, 0.25) is 0 Å². The van der Waals surface area contributed by atoms with Crippen LogP contribution in [0.4, 0.5) is 10.5 Å². The summed E-state index contributed by atoms with van der Waals surface area (Å²) in [6.45, 7) is 0. The summed E-state index contributed by atoms with van der Waals surface area (Å²) in [7, 11) is 2.91. The minimum absolute atomic E-state index is 0.509. The van der Waals surface area contributed by atoms with E-state index in [1.165, 1.54) is 7.11 Å². The van der Waals surface area contributed by atoms with Gasteiger partial charge in [-0.1, -0.05) is 30.3 Å². The summed E-state index contributed by atoms with van der Waals surface area (Å²) in [5, 5.41) is 2.69. The smallest absolute Gasteiger partial charge is 0.411 e. The number of ether oxygens (including phenoxy) is 2. The number of carbonyl (C=O) groups is 1. The van der Waals surface area contributed by atoms with Crippen molar-refractivity contribution < 1.29 is 14.3 Å². The third kappa shape index (κ3) is 3.04. The van der Waals surface area contributed by atoms with Crippen LogP contribution in [0.25, 0.3) is 11.1 Å². The molecule has 1 amide bonds. The minimum Gasteiger partial charge on any atom is -0.497 e. The average molecular weight is 257 g/mol. The quantitative estimate of drug-likeness (QED) is 0.914. The summed E-state index contributed by atoms with van der Waals surface area (Å²) < 4.78 is 9.80. The molecule has 0 bridgehead atoms. The van der Waals surface area contributed by atoms with Crippen LogP contribution >= 0.6 is 0 Å². The van der Waals surface area contributed by atoms with Crippen molar-refractivity contribution in [2.24, 2.45) is 0 Å². The molecule has 4 heteroatoms. The van der Waals surface area contributed by atoms with Crippen LogP contribution in [0, 0.1) is 0 Å². The van der Waals surface area contributed by atoms with Crippen molar-refractivity contribution in [2.75, 3.05) is 19.5 Å². The maximum absolute atomic E-state index is 11.4. The fraction of sp³-hybridized carbons (Fsp3) is 0.133. The third-order valence-corrected chi connectivity index (χ3v) is 2.73. The van der Waals surface area contributed by atoms with Crippen LogP contribution in [0.5, 0.6) is 5.75 Å². The van der Waals surface area contributed by atoms with Gasteiger partial charge in [-0.15, -0.1) is 0 Å². The van der Waals surface area contributed by atoms with Gasteiger partial charge in [0.15, 0.2) is 0 Å². The average Bonchev–Trinajstić information content (AvgIpc) is 2.48. The molecular formula is C15H15NO3. The molecule has 2 aromatic rings. The van der Waals surface area contributed by atoms with E-state index in [2.05, 4.69) is 10.1 Å². The van der Waals surface area contributed by atoms with Crippen LogP contribution in [0.1, 0.15) is 0 Å². The number of nitrogens with one attached hydrogen (secondary N) is 1. The van der Waals surface area contributed by atoms with Crippen molar-refractivity contribution in [3.05, 3.63) is 48.5 Å². The number of methoxy groups -OCH3 is 2. The molecule has 19 heavy (non-hydrogen) atoms. The van der Waals surface area contributed by atoms with Crippen LogP contribution < -0.4 is 10.1 Å². The molecule has 0 aliphatic heterocycles. The zero-order valence-electron chi connectivity index (χ0n) is 10.8. The molecule has 0 aromatic heterocycles. The standard InChI is InChI=1S/C15H15NO3/c1-18-12-8-9-13(11-6-4-3-5-7-11)14(10-12)16-15(17)19-2/h3-10H,1-2H3,(H,16,17). The first-order valence-electron chi connectivity index (χ1n) is 5.83. The molecule has 0 spiro atoms. The topological polar surface area (TPSA) is 47.6 Å². The second-order valence-electron chi connectivity index (χ2n) is 3.89. The Morgan fingerprint density at radius 2 is 1.79 bits per heavy atom. The van der Waals surface area contributed by atoms with E-state index in [0.29, 0.717) is 11.4 Å². The first-order valence-corrected chi connectivity index (χ1v) is 5.83. The Balaban J connectivity index is 2.44. The molecule has 0 saturated carbocycles. The highest BCUT2D eigenvalue weighted by Gasteiger charge is 2.09. The highest BCUT2D eigenvalue weighted by atomic mass is 16.5. The number of carbonyl (C=O) groups excluding carboxylic acids is 1. The fourth-order valence-electron chi connectivity index (χ4n) is 1.78. The lowest BCUT2D eigenvalue weighted by atomic mass is 10.0. The van der Waals surface area contributed by atoms with Crippen LogP contribution in [0.3, 0.4) is 0 Å². The van der Waals surface area contributed by atoms with Crippen LogP contribution in [-0.2, 0) is 4.74 Å². The molecule has 2 aromatic carbocycles. The van der Waals surface area contributed by atoms with Crippen molar-refractivity contribution in [1.82, 2.24) is 0 Å². The molecule has 0 radical (unpaired) electrons. The van der Waals surface area contributed by atoms with Gasteiger partial charge < -0.3 is 9.47 Å². The molecule has 0 saturated heterocycles. The van der Waals surface area contributed by atoms with Gasteiger partial charge in [-0.3, -0.25) is 5.32 Å². The molecule has 0 heterocycles. The number of hydrogen-bond acceptors (Lipinski definition) is 3. The Morgan fingerprint density at radius 1 is 1.05 bits per heavy atom. The monoisotopic (exact) mass is 257 g/mol. The molecule has 0 fully saturated rings. The molecular weight excluding hydrogens is 242 g/mol. The summed E-state index contributed by atoms with van der Waals surface area (Å²) in [5.41, 5.74) is 2.57. The first kappa shape index (κ1) is 13.0. The lowest BCUT2D eigenvalue weighted by Crippen LogP contribution is -2.11. The predicted molar refractivity (Wildman–Crippen MR) is 74.5 cm³/mol. The summed E-state index contributed by atoms with van der Waals surface area (Å²) in [5.74, 6) is 0.672. The molecule has 4 nitrogen and oxygen atoms in total. The zero-order valence-corrected chi connectivity index (χ0v) is 10.8. The predicted octanol–water partition coefficient (Wildman–Crippen LogP) is 3.54. The van der Waals surface area contributed by atoms with E-state index in [0.717, 1.165) is 11.1 Å². The summed E-state index contributed by atoms with van der Waals surface area (Å²) in [6.07, 6.45) is -0.509. The van der Waals surface area contributed by atoms with Crippen molar-refractivity contribution in [1.29, 1.82) is 0 Å². The van der Waals surface area contributed by atoms with E-state index in [9.17, 15) is 4.79 Å². The van der Waals surface area contributed by atoms with Crippen molar-refractivity contribution >= 4 is 11.8 Å². The molecule has 0 unspecified atom stereocenters. The Morgan fingerprint density at radius 3 is 2.42 bits per heavy atom. The Hall–Kier alpha value is -2.49. The lowest BCUT2D eigenvalue weighted by Gasteiger charge is -2.12.